The van der Waals surface area contributed by atoms with E-state index in [1.807, 2.05) is 12.1 Å². The Hall–Kier alpha value is -3.15. The van der Waals surface area contributed by atoms with Gasteiger partial charge in [0.1, 0.15) is 6.33 Å². The van der Waals surface area contributed by atoms with Gasteiger partial charge in [0, 0.05) is 25.7 Å². The number of hydrogen-bond donors (Lipinski definition) is 3. The Morgan fingerprint density at radius 1 is 1.08 bits per heavy atom. The second-order valence-electron chi connectivity index (χ2n) is 6.24. The lowest BCUT2D eigenvalue weighted by molar-refractivity contribution is 0.806. The van der Waals surface area contributed by atoms with E-state index in [1.54, 1.807) is 7.05 Å². The minimum Gasteiger partial charge on any atom is -0.352 e. The van der Waals surface area contributed by atoms with Crippen LogP contribution >= 0.6 is 0 Å². The largest absolute Gasteiger partial charge is 0.352 e. The van der Waals surface area contributed by atoms with Crippen LogP contribution in [0.2, 0.25) is 0 Å². The van der Waals surface area contributed by atoms with Crippen molar-refractivity contribution in [3.63, 3.8) is 0 Å². The molecule has 0 aliphatic heterocycles. The Labute approximate surface area is 153 Å². The van der Waals surface area contributed by atoms with Gasteiger partial charge >= 0.3 is 0 Å². The third-order valence-electron chi connectivity index (χ3n) is 4.24. The lowest BCUT2D eigenvalue weighted by Gasteiger charge is -2.14. The first kappa shape index (κ1) is 17.7. The highest BCUT2D eigenvalue weighted by atomic mass is 15.2. The number of nitrogens with zero attached hydrogens (tertiary/aromatic N) is 3. The van der Waals surface area contributed by atoms with E-state index < -0.39 is 0 Å². The highest BCUT2D eigenvalue weighted by Crippen LogP contribution is 2.15. The van der Waals surface area contributed by atoms with E-state index in [2.05, 4.69) is 75.0 Å². The lowest BCUT2D eigenvalue weighted by Crippen LogP contribution is -2.36. The van der Waals surface area contributed by atoms with Crippen LogP contribution in [-0.4, -0.2) is 28.2 Å². The van der Waals surface area contributed by atoms with Crippen molar-refractivity contribution in [3.05, 3.63) is 71.0 Å². The first-order valence-electron chi connectivity index (χ1n) is 8.61. The van der Waals surface area contributed by atoms with Gasteiger partial charge in [0.25, 0.3) is 0 Å². The zero-order valence-corrected chi connectivity index (χ0v) is 15.4. The molecular formula is C20H24N6. The average molecular weight is 348 g/mol. The van der Waals surface area contributed by atoms with Crippen LogP contribution in [0.4, 0.5) is 0 Å². The van der Waals surface area contributed by atoms with E-state index in [0.29, 0.717) is 6.54 Å². The highest BCUT2D eigenvalue weighted by molar-refractivity contribution is 5.79. The molecule has 3 N–H and O–H groups in total. The molecule has 3 aromatic rings. The maximum Gasteiger partial charge on any atom is 0.191 e. The van der Waals surface area contributed by atoms with Crippen molar-refractivity contribution in [1.82, 2.24) is 25.8 Å². The predicted octanol–water partition coefficient (Wildman–Crippen LogP) is 2.95. The van der Waals surface area contributed by atoms with Crippen LogP contribution in [0.3, 0.4) is 0 Å². The van der Waals surface area contributed by atoms with Crippen molar-refractivity contribution in [1.29, 1.82) is 0 Å². The fourth-order valence-electron chi connectivity index (χ4n) is 2.80. The molecule has 26 heavy (non-hydrogen) atoms. The summed E-state index contributed by atoms with van der Waals surface area (Å²) in [5, 5.41) is 13.5. The Kier molecular flexibility index (Phi) is 5.63. The second-order valence-corrected chi connectivity index (χ2v) is 6.24. The summed E-state index contributed by atoms with van der Waals surface area (Å²) in [6.07, 6.45) is 1.51. The van der Waals surface area contributed by atoms with Gasteiger partial charge in [0.2, 0.25) is 0 Å². The van der Waals surface area contributed by atoms with Gasteiger partial charge in [0.15, 0.2) is 11.8 Å². The van der Waals surface area contributed by atoms with Crippen molar-refractivity contribution in [3.8, 4) is 11.4 Å². The standard InChI is InChI=1S/C20H24N6/c1-14-7-8-18(15(2)9-14)12-23-20(21-3)22-11-16-5-4-6-17(10-16)19-24-13-25-26-19/h4-10,13H,11-12H2,1-3H3,(H2,21,22,23)(H,24,25,26). The Morgan fingerprint density at radius 2 is 1.92 bits per heavy atom. The van der Waals surface area contributed by atoms with Crippen molar-refractivity contribution in [2.75, 3.05) is 7.05 Å². The van der Waals surface area contributed by atoms with E-state index in [9.17, 15) is 0 Å². The van der Waals surface area contributed by atoms with Crippen molar-refractivity contribution in [2.24, 2.45) is 4.99 Å². The summed E-state index contributed by atoms with van der Waals surface area (Å²) in [4.78, 5) is 8.50. The van der Waals surface area contributed by atoms with Crippen LogP contribution in [-0.2, 0) is 13.1 Å². The Morgan fingerprint density at radius 3 is 2.65 bits per heavy atom. The average Bonchev–Trinajstić information content (AvgIpc) is 3.18. The van der Waals surface area contributed by atoms with E-state index in [4.69, 9.17) is 0 Å². The highest BCUT2D eigenvalue weighted by Gasteiger charge is 2.04. The molecule has 6 nitrogen and oxygen atoms in total. The Balaban J connectivity index is 1.58. The van der Waals surface area contributed by atoms with E-state index in [0.717, 1.165) is 29.5 Å². The molecule has 0 spiro atoms. The SMILES string of the molecule is CN=C(NCc1cccc(-c2ncn[nH]2)c1)NCc1ccc(C)cc1C. The smallest absolute Gasteiger partial charge is 0.191 e. The zero-order valence-electron chi connectivity index (χ0n) is 15.4. The summed E-state index contributed by atoms with van der Waals surface area (Å²) in [5.41, 5.74) is 5.99. The van der Waals surface area contributed by atoms with Gasteiger partial charge in [-0.1, -0.05) is 42.0 Å². The molecule has 0 saturated carbocycles. The van der Waals surface area contributed by atoms with Gasteiger partial charge in [-0.3, -0.25) is 10.1 Å². The van der Waals surface area contributed by atoms with Crippen LogP contribution in [0.15, 0.2) is 53.8 Å². The number of nitrogens with one attached hydrogen (secondary N) is 3. The summed E-state index contributed by atoms with van der Waals surface area (Å²) in [6.45, 7) is 5.66. The van der Waals surface area contributed by atoms with Gasteiger partial charge < -0.3 is 10.6 Å². The number of aryl methyl sites for hydroxylation is 2. The fraction of sp³-hybridized carbons (Fsp3) is 0.250. The molecule has 0 unspecified atom stereocenters. The van der Waals surface area contributed by atoms with Crippen LogP contribution in [0.5, 0.6) is 0 Å². The zero-order chi connectivity index (χ0) is 18.4. The minimum atomic E-state index is 0.675. The molecule has 6 heteroatoms. The number of aliphatic imine (C=N–C) groups is 1. The number of aromatic amines is 1. The van der Waals surface area contributed by atoms with Gasteiger partial charge in [-0.25, -0.2) is 4.98 Å². The molecular weight excluding hydrogens is 324 g/mol. The summed E-state index contributed by atoms with van der Waals surface area (Å²) >= 11 is 0. The molecule has 3 rings (SSSR count). The number of benzene rings is 2. The predicted molar refractivity (Wildman–Crippen MR) is 105 cm³/mol. The van der Waals surface area contributed by atoms with E-state index in [-0.39, 0.29) is 0 Å². The normalized spacial score (nSPS) is 11.4. The van der Waals surface area contributed by atoms with E-state index in [1.165, 1.54) is 23.0 Å². The lowest BCUT2D eigenvalue weighted by atomic mass is 10.1. The molecule has 0 saturated heterocycles. The molecule has 0 bridgehead atoms. The molecule has 0 fully saturated rings. The number of hydrogen-bond acceptors (Lipinski definition) is 3. The number of H-pyrrole nitrogens is 1. The fourth-order valence-corrected chi connectivity index (χ4v) is 2.80. The summed E-state index contributed by atoms with van der Waals surface area (Å²) in [7, 11) is 1.78. The summed E-state index contributed by atoms with van der Waals surface area (Å²) in [5.74, 6) is 1.54. The molecule has 134 valence electrons. The molecule has 0 aliphatic carbocycles. The topological polar surface area (TPSA) is 78.0 Å². The first-order valence-corrected chi connectivity index (χ1v) is 8.61. The molecule has 0 atom stereocenters. The third kappa shape index (κ3) is 4.47. The third-order valence-corrected chi connectivity index (χ3v) is 4.24. The summed E-state index contributed by atoms with van der Waals surface area (Å²) in [6, 6.07) is 14.7. The van der Waals surface area contributed by atoms with Gasteiger partial charge in [0.05, 0.1) is 0 Å². The van der Waals surface area contributed by atoms with Crippen LogP contribution in [0.25, 0.3) is 11.4 Å². The van der Waals surface area contributed by atoms with Crippen molar-refractivity contribution >= 4 is 5.96 Å². The van der Waals surface area contributed by atoms with Gasteiger partial charge in [-0.2, -0.15) is 5.10 Å². The van der Waals surface area contributed by atoms with Crippen molar-refractivity contribution in [2.45, 2.75) is 26.9 Å². The number of guanidine groups is 1. The second kappa shape index (κ2) is 8.29. The van der Waals surface area contributed by atoms with Gasteiger partial charge in [-0.15, -0.1) is 0 Å². The molecule has 1 heterocycles. The van der Waals surface area contributed by atoms with Crippen molar-refractivity contribution < 1.29 is 0 Å². The number of aromatic nitrogens is 3. The maximum absolute atomic E-state index is 4.30. The molecule has 0 amide bonds. The monoisotopic (exact) mass is 348 g/mol. The summed E-state index contributed by atoms with van der Waals surface area (Å²) < 4.78 is 0. The van der Waals surface area contributed by atoms with Crippen LogP contribution in [0, 0.1) is 13.8 Å². The van der Waals surface area contributed by atoms with Gasteiger partial charge in [-0.05, 0) is 36.6 Å². The van der Waals surface area contributed by atoms with Crippen LogP contribution < -0.4 is 10.6 Å². The quantitative estimate of drug-likeness (QED) is 0.489. The number of rotatable bonds is 5. The maximum atomic E-state index is 4.30. The van der Waals surface area contributed by atoms with Crippen LogP contribution in [0.1, 0.15) is 22.3 Å². The molecule has 1 aromatic heterocycles. The molecule has 0 aliphatic rings. The first-order chi connectivity index (χ1) is 12.7. The Bertz CT molecular complexity index is 883. The molecule has 0 radical (unpaired) electrons. The molecule has 2 aromatic carbocycles. The van der Waals surface area contributed by atoms with E-state index >= 15 is 0 Å². The minimum absolute atomic E-state index is 0.675.